The van der Waals surface area contributed by atoms with Crippen LogP contribution in [0.1, 0.15) is 0 Å². The van der Waals surface area contributed by atoms with E-state index in [1.54, 1.807) is 17.5 Å². The maximum Gasteiger partial charge on any atom is 0.203 e. The molecule has 3 heterocycles. The monoisotopic (exact) mass is 253 g/mol. The standard InChI is InChI=1S/C9H4ClN3S2/c10-9-12-8(13-15-9)5-3-7-6(11-4-5)1-2-14-7/h1-4H. The summed E-state index contributed by atoms with van der Waals surface area (Å²) in [4.78, 5) is 8.43. The van der Waals surface area contributed by atoms with Gasteiger partial charge in [0.05, 0.1) is 10.2 Å². The van der Waals surface area contributed by atoms with Crippen LogP contribution in [0.4, 0.5) is 0 Å². The molecule has 15 heavy (non-hydrogen) atoms. The summed E-state index contributed by atoms with van der Waals surface area (Å²) in [6.07, 6.45) is 1.77. The van der Waals surface area contributed by atoms with Crippen molar-refractivity contribution in [3.63, 3.8) is 0 Å². The first kappa shape index (κ1) is 9.21. The Morgan fingerprint density at radius 1 is 1.33 bits per heavy atom. The molecule has 0 fully saturated rings. The first-order valence-electron chi connectivity index (χ1n) is 4.16. The van der Waals surface area contributed by atoms with Gasteiger partial charge in [-0.05, 0) is 40.6 Å². The molecule has 3 nitrogen and oxygen atoms in total. The Bertz CT molecular complexity index is 616. The lowest BCUT2D eigenvalue weighted by molar-refractivity contribution is 1.30. The summed E-state index contributed by atoms with van der Waals surface area (Å²) in [7, 11) is 0. The molecule has 3 aromatic heterocycles. The van der Waals surface area contributed by atoms with Crippen molar-refractivity contribution >= 4 is 44.7 Å². The highest BCUT2D eigenvalue weighted by Crippen LogP contribution is 2.25. The lowest BCUT2D eigenvalue weighted by Crippen LogP contribution is -1.81. The Morgan fingerprint density at radius 2 is 2.27 bits per heavy atom. The number of halogens is 1. The number of rotatable bonds is 1. The summed E-state index contributed by atoms with van der Waals surface area (Å²) >= 11 is 8.58. The Balaban J connectivity index is 2.18. The zero-order valence-electron chi connectivity index (χ0n) is 7.35. The fourth-order valence-electron chi connectivity index (χ4n) is 1.29. The number of nitrogens with zero attached hydrogens (tertiary/aromatic N) is 3. The quantitative estimate of drug-likeness (QED) is 0.667. The number of hydrogen-bond acceptors (Lipinski definition) is 5. The number of aromatic nitrogens is 3. The third-order valence-electron chi connectivity index (χ3n) is 1.96. The van der Waals surface area contributed by atoms with Crippen molar-refractivity contribution in [3.8, 4) is 11.4 Å². The van der Waals surface area contributed by atoms with Gasteiger partial charge in [0.1, 0.15) is 0 Å². The molecule has 0 aliphatic carbocycles. The van der Waals surface area contributed by atoms with Crippen molar-refractivity contribution in [2.45, 2.75) is 0 Å². The van der Waals surface area contributed by atoms with E-state index in [0.29, 0.717) is 10.3 Å². The average molecular weight is 254 g/mol. The largest absolute Gasteiger partial charge is 0.255 e. The minimum absolute atomic E-state index is 0.455. The van der Waals surface area contributed by atoms with E-state index in [2.05, 4.69) is 14.3 Å². The lowest BCUT2D eigenvalue weighted by Gasteiger charge is -1.94. The van der Waals surface area contributed by atoms with Gasteiger partial charge in [-0.15, -0.1) is 11.3 Å². The first-order valence-corrected chi connectivity index (χ1v) is 6.19. The van der Waals surface area contributed by atoms with E-state index in [-0.39, 0.29) is 0 Å². The molecule has 0 atom stereocenters. The van der Waals surface area contributed by atoms with Crippen molar-refractivity contribution in [3.05, 3.63) is 28.2 Å². The Hall–Kier alpha value is -1.04. The van der Waals surface area contributed by atoms with Crippen LogP contribution in [0.25, 0.3) is 21.6 Å². The third kappa shape index (κ3) is 1.62. The van der Waals surface area contributed by atoms with Crippen molar-refractivity contribution in [1.29, 1.82) is 0 Å². The Kier molecular flexibility index (Phi) is 2.16. The molecule has 0 aliphatic heterocycles. The van der Waals surface area contributed by atoms with Crippen LogP contribution in [0, 0.1) is 0 Å². The predicted molar refractivity (Wildman–Crippen MR) is 63.5 cm³/mol. The summed E-state index contributed by atoms with van der Waals surface area (Å²) in [5.74, 6) is 0.646. The molecular weight excluding hydrogens is 250 g/mol. The molecule has 0 saturated carbocycles. The van der Waals surface area contributed by atoms with Gasteiger partial charge < -0.3 is 0 Å². The van der Waals surface area contributed by atoms with Crippen LogP contribution in [-0.4, -0.2) is 14.3 Å². The van der Waals surface area contributed by atoms with Crippen molar-refractivity contribution < 1.29 is 0 Å². The SMILES string of the molecule is Clc1nc(-c2cnc3ccsc3c2)ns1. The molecule has 0 saturated heterocycles. The highest BCUT2D eigenvalue weighted by molar-refractivity contribution is 7.17. The summed E-state index contributed by atoms with van der Waals surface area (Å²) in [6.45, 7) is 0. The first-order chi connectivity index (χ1) is 7.33. The van der Waals surface area contributed by atoms with Gasteiger partial charge >= 0.3 is 0 Å². The third-order valence-corrected chi connectivity index (χ3v) is 3.61. The second kappa shape index (κ2) is 3.52. The van der Waals surface area contributed by atoms with Crippen molar-refractivity contribution in [2.75, 3.05) is 0 Å². The van der Waals surface area contributed by atoms with Crippen LogP contribution in [0.2, 0.25) is 4.47 Å². The number of fused-ring (bicyclic) bond motifs is 1. The number of pyridine rings is 1. The molecule has 6 heteroatoms. The predicted octanol–water partition coefficient (Wildman–Crippen LogP) is 3.47. The summed E-state index contributed by atoms with van der Waals surface area (Å²) < 4.78 is 5.73. The molecule has 0 amide bonds. The summed E-state index contributed by atoms with van der Waals surface area (Å²) in [5.41, 5.74) is 1.91. The fraction of sp³-hybridized carbons (Fsp3) is 0. The molecule has 3 aromatic rings. The van der Waals surface area contributed by atoms with E-state index in [1.807, 2.05) is 17.5 Å². The van der Waals surface area contributed by atoms with E-state index in [1.165, 1.54) is 11.5 Å². The van der Waals surface area contributed by atoms with E-state index >= 15 is 0 Å². The molecule has 0 spiro atoms. The second-order valence-electron chi connectivity index (χ2n) is 2.90. The Morgan fingerprint density at radius 3 is 3.07 bits per heavy atom. The van der Waals surface area contributed by atoms with Gasteiger partial charge in [0.2, 0.25) is 4.47 Å². The van der Waals surface area contributed by atoms with Gasteiger partial charge in [0.15, 0.2) is 5.82 Å². The Labute approximate surface area is 98.6 Å². The molecule has 0 bridgehead atoms. The maximum atomic E-state index is 5.73. The zero-order valence-corrected chi connectivity index (χ0v) is 9.73. The summed E-state index contributed by atoms with van der Waals surface area (Å²) in [6, 6.07) is 4.02. The van der Waals surface area contributed by atoms with Crippen LogP contribution < -0.4 is 0 Å². The highest BCUT2D eigenvalue weighted by Gasteiger charge is 2.06. The van der Waals surface area contributed by atoms with Crippen molar-refractivity contribution in [1.82, 2.24) is 14.3 Å². The molecule has 3 rings (SSSR count). The molecule has 0 aliphatic rings. The van der Waals surface area contributed by atoms with E-state index < -0.39 is 0 Å². The molecule has 0 N–H and O–H groups in total. The summed E-state index contributed by atoms with van der Waals surface area (Å²) in [5, 5.41) is 2.02. The van der Waals surface area contributed by atoms with Crippen LogP contribution in [0.15, 0.2) is 23.7 Å². The van der Waals surface area contributed by atoms with Gasteiger partial charge in [-0.2, -0.15) is 4.37 Å². The molecule has 0 radical (unpaired) electrons. The van der Waals surface area contributed by atoms with E-state index in [4.69, 9.17) is 11.6 Å². The van der Waals surface area contributed by atoms with Gasteiger partial charge in [0.25, 0.3) is 0 Å². The molecule has 74 valence electrons. The normalized spacial score (nSPS) is 11.0. The lowest BCUT2D eigenvalue weighted by atomic mass is 10.2. The van der Waals surface area contributed by atoms with Crippen molar-refractivity contribution in [2.24, 2.45) is 0 Å². The topological polar surface area (TPSA) is 38.7 Å². The van der Waals surface area contributed by atoms with E-state index in [0.717, 1.165) is 15.8 Å². The zero-order chi connectivity index (χ0) is 10.3. The minimum Gasteiger partial charge on any atom is -0.255 e. The van der Waals surface area contributed by atoms with Crippen LogP contribution >= 0.6 is 34.5 Å². The van der Waals surface area contributed by atoms with Gasteiger partial charge in [-0.1, -0.05) is 0 Å². The molecule has 0 aromatic carbocycles. The van der Waals surface area contributed by atoms with Crippen LogP contribution in [-0.2, 0) is 0 Å². The van der Waals surface area contributed by atoms with Gasteiger partial charge in [-0.25, -0.2) is 4.98 Å². The highest BCUT2D eigenvalue weighted by atomic mass is 35.5. The second-order valence-corrected chi connectivity index (χ2v) is 5.18. The number of hydrogen-bond donors (Lipinski definition) is 0. The smallest absolute Gasteiger partial charge is 0.203 e. The van der Waals surface area contributed by atoms with Crippen LogP contribution in [0.3, 0.4) is 0 Å². The molecular formula is C9H4ClN3S2. The average Bonchev–Trinajstić information content (AvgIpc) is 2.84. The minimum atomic E-state index is 0.455. The number of thiophene rings is 1. The van der Waals surface area contributed by atoms with E-state index in [9.17, 15) is 0 Å². The van der Waals surface area contributed by atoms with Crippen LogP contribution in [0.5, 0.6) is 0 Å². The van der Waals surface area contributed by atoms with Gasteiger partial charge in [-0.3, -0.25) is 4.98 Å². The van der Waals surface area contributed by atoms with Gasteiger partial charge in [0, 0.05) is 11.8 Å². The molecule has 0 unspecified atom stereocenters. The fourth-order valence-corrected chi connectivity index (χ4v) is 2.69. The maximum absolute atomic E-state index is 5.73.